The van der Waals surface area contributed by atoms with Gasteiger partial charge in [-0.3, -0.25) is 0 Å². The summed E-state index contributed by atoms with van der Waals surface area (Å²) in [5.41, 5.74) is 2.01. The zero-order chi connectivity index (χ0) is 13.9. The molecule has 0 aromatic heterocycles. The van der Waals surface area contributed by atoms with Gasteiger partial charge in [0.05, 0.1) is 33.5 Å². The molecule has 0 bridgehead atoms. The van der Waals surface area contributed by atoms with Gasteiger partial charge in [0.2, 0.25) is 0 Å². The Morgan fingerprint density at radius 2 is 1.95 bits per heavy atom. The Hall–Kier alpha value is -1.73. The average Bonchev–Trinajstić information content (AvgIpc) is 2.38. The minimum atomic E-state index is -0.109. The second-order valence-corrected chi connectivity index (χ2v) is 4.95. The van der Waals surface area contributed by atoms with E-state index in [-0.39, 0.29) is 5.41 Å². The molecule has 1 fully saturated rings. The van der Waals surface area contributed by atoms with Crippen LogP contribution >= 0.6 is 0 Å². The van der Waals surface area contributed by atoms with Crippen LogP contribution in [0.1, 0.15) is 24.0 Å². The van der Waals surface area contributed by atoms with Crippen LogP contribution < -0.4 is 9.47 Å². The fourth-order valence-electron chi connectivity index (χ4n) is 2.54. The molecule has 4 nitrogen and oxygen atoms in total. The Labute approximate surface area is 113 Å². The van der Waals surface area contributed by atoms with Crippen molar-refractivity contribution in [1.82, 2.24) is 0 Å². The van der Waals surface area contributed by atoms with Gasteiger partial charge in [-0.25, -0.2) is 0 Å². The van der Waals surface area contributed by atoms with Crippen molar-refractivity contribution in [3.05, 3.63) is 23.3 Å². The molecule has 4 heteroatoms. The van der Waals surface area contributed by atoms with Gasteiger partial charge in [0.25, 0.3) is 0 Å². The van der Waals surface area contributed by atoms with Crippen LogP contribution in [0.4, 0.5) is 0 Å². The second-order valence-electron chi connectivity index (χ2n) is 4.95. The van der Waals surface area contributed by atoms with Crippen LogP contribution in [0.2, 0.25) is 0 Å². The highest BCUT2D eigenvalue weighted by atomic mass is 16.5. The first kappa shape index (κ1) is 13.7. The summed E-state index contributed by atoms with van der Waals surface area (Å²) in [6, 6.07) is 6.22. The Bertz CT molecular complexity index is 501. The van der Waals surface area contributed by atoms with Crippen LogP contribution in [0.5, 0.6) is 11.5 Å². The van der Waals surface area contributed by atoms with E-state index in [1.807, 2.05) is 19.1 Å². The lowest BCUT2D eigenvalue weighted by atomic mass is 9.74. The molecule has 1 heterocycles. The maximum absolute atomic E-state index is 8.82. The number of methoxy groups -OCH3 is 2. The Kier molecular flexibility index (Phi) is 3.96. The van der Waals surface area contributed by atoms with Crippen molar-refractivity contribution >= 4 is 0 Å². The molecule has 1 saturated heterocycles. The minimum absolute atomic E-state index is 0.109. The van der Waals surface area contributed by atoms with Crippen molar-refractivity contribution in [1.29, 1.82) is 5.26 Å². The van der Waals surface area contributed by atoms with Gasteiger partial charge in [0, 0.05) is 17.4 Å². The molecule has 1 aromatic rings. The smallest absolute Gasteiger partial charge is 0.123 e. The fourth-order valence-corrected chi connectivity index (χ4v) is 2.54. The van der Waals surface area contributed by atoms with Gasteiger partial charge in [0.15, 0.2) is 0 Å². The van der Waals surface area contributed by atoms with Crippen molar-refractivity contribution in [3.63, 3.8) is 0 Å². The molecule has 0 saturated carbocycles. The van der Waals surface area contributed by atoms with Crippen molar-refractivity contribution in [2.75, 3.05) is 27.4 Å². The molecular weight excluding hydrogens is 242 g/mol. The number of aryl methyl sites for hydroxylation is 1. The minimum Gasteiger partial charge on any atom is -0.496 e. The van der Waals surface area contributed by atoms with Crippen molar-refractivity contribution < 1.29 is 14.2 Å². The van der Waals surface area contributed by atoms with E-state index in [1.54, 1.807) is 14.2 Å². The molecule has 0 aliphatic carbocycles. The monoisotopic (exact) mass is 261 g/mol. The summed E-state index contributed by atoms with van der Waals surface area (Å²) in [4.78, 5) is 0. The summed E-state index contributed by atoms with van der Waals surface area (Å²) in [7, 11) is 3.33. The van der Waals surface area contributed by atoms with E-state index in [4.69, 9.17) is 19.5 Å². The lowest BCUT2D eigenvalue weighted by molar-refractivity contribution is -0.0646. The Balaban J connectivity index is 2.44. The van der Waals surface area contributed by atoms with E-state index in [0.717, 1.165) is 29.0 Å². The number of nitriles is 1. The van der Waals surface area contributed by atoms with Crippen molar-refractivity contribution in [3.8, 4) is 17.6 Å². The first-order valence-corrected chi connectivity index (χ1v) is 6.34. The molecule has 0 radical (unpaired) electrons. The van der Waals surface area contributed by atoms with E-state index >= 15 is 0 Å². The highest BCUT2D eigenvalue weighted by Gasteiger charge is 2.42. The molecule has 1 aliphatic heterocycles. The summed E-state index contributed by atoms with van der Waals surface area (Å²) in [6.07, 6.45) is 1.30. The largest absolute Gasteiger partial charge is 0.496 e. The van der Waals surface area contributed by atoms with E-state index in [9.17, 15) is 0 Å². The molecule has 0 spiro atoms. The van der Waals surface area contributed by atoms with Gasteiger partial charge in [0.1, 0.15) is 11.5 Å². The normalized spacial score (nSPS) is 16.3. The van der Waals surface area contributed by atoms with Gasteiger partial charge in [-0.1, -0.05) is 0 Å². The van der Waals surface area contributed by atoms with Crippen LogP contribution in [-0.4, -0.2) is 27.4 Å². The molecule has 1 aromatic carbocycles. The van der Waals surface area contributed by atoms with Crippen LogP contribution in [0, 0.1) is 18.3 Å². The van der Waals surface area contributed by atoms with Gasteiger partial charge >= 0.3 is 0 Å². The van der Waals surface area contributed by atoms with Crippen LogP contribution in [-0.2, 0) is 10.2 Å². The van der Waals surface area contributed by atoms with E-state index < -0.39 is 0 Å². The van der Waals surface area contributed by atoms with Gasteiger partial charge in [-0.05, 0) is 31.0 Å². The van der Waals surface area contributed by atoms with Crippen LogP contribution in [0.15, 0.2) is 12.1 Å². The SMILES string of the molecule is COc1cc(C2(CCC#N)COC2)c(OC)cc1C. The third kappa shape index (κ3) is 2.39. The van der Waals surface area contributed by atoms with Gasteiger partial charge in [-0.2, -0.15) is 5.26 Å². The summed E-state index contributed by atoms with van der Waals surface area (Å²) in [5.74, 6) is 1.69. The van der Waals surface area contributed by atoms with Gasteiger partial charge in [-0.15, -0.1) is 0 Å². The zero-order valence-electron chi connectivity index (χ0n) is 11.7. The fraction of sp³-hybridized carbons (Fsp3) is 0.533. The first-order valence-electron chi connectivity index (χ1n) is 6.34. The van der Waals surface area contributed by atoms with E-state index in [1.165, 1.54) is 0 Å². The lowest BCUT2D eigenvalue weighted by Gasteiger charge is -2.42. The van der Waals surface area contributed by atoms with E-state index in [2.05, 4.69) is 6.07 Å². The third-order valence-corrected chi connectivity index (χ3v) is 3.76. The summed E-state index contributed by atoms with van der Waals surface area (Å²) in [5, 5.41) is 8.82. The number of nitrogens with zero attached hydrogens (tertiary/aromatic N) is 1. The Morgan fingerprint density at radius 3 is 2.42 bits per heavy atom. The van der Waals surface area contributed by atoms with E-state index in [0.29, 0.717) is 19.6 Å². The van der Waals surface area contributed by atoms with Crippen molar-refractivity contribution in [2.45, 2.75) is 25.2 Å². The average molecular weight is 261 g/mol. The van der Waals surface area contributed by atoms with Crippen LogP contribution in [0.25, 0.3) is 0 Å². The number of ether oxygens (including phenoxy) is 3. The Morgan fingerprint density at radius 1 is 1.26 bits per heavy atom. The third-order valence-electron chi connectivity index (χ3n) is 3.76. The number of rotatable bonds is 5. The molecule has 0 N–H and O–H groups in total. The standard InChI is InChI=1S/C15H19NO3/c1-11-7-14(18-3)12(8-13(11)17-2)15(5-4-6-16)9-19-10-15/h7-8H,4-5,9-10H2,1-3H3. The summed E-state index contributed by atoms with van der Waals surface area (Å²) >= 11 is 0. The maximum Gasteiger partial charge on any atom is 0.123 e. The lowest BCUT2D eigenvalue weighted by Crippen LogP contribution is -2.46. The molecule has 0 atom stereocenters. The molecule has 102 valence electrons. The molecule has 2 rings (SSSR count). The molecular formula is C15H19NO3. The first-order chi connectivity index (χ1) is 9.16. The van der Waals surface area contributed by atoms with Crippen LogP contribution in [0.3, 0.4) is 0 Å². The predicted molar refractivity (Wildman–Crippen MR) is 71.6 cm³/mol. The summed E-state index contributed by atoms with van der Waals surface area (Å²) in [6.45, 7) is 3.26. The quantitative estimate of drug-likeness (QED) is 0.817. The summed E-state index contributed by atoms with van der Waals surface area (Å²) < 4.78 is 16.3. The van der Waals surface area contributed by atoms with Gasteiger partial charge < -0.3 is 14.2 Å². The topological polar surface area (TPSA) is 51.5 Å². The maximum atomic E-state index is 8.82. The molecule has 19 heavy (non-hydrogen) atoms. The highest BCUT2D eigenvalue weighted by Crippen LogP contribution is 2.43. The number of hydrogen-bond acceptors (Lipinski definition) is 4. The number of hydrogen-bond donors (Lipinski definition) is 0. The van der Waals surface area contributed by atoms with Crippen molar-refractivity contribution in [2.24, 2.45) is 0 Å². The molecule has 0 unspecified atom stereocenters. The molecule has 1 aliphatic rings. The second kappa shape index (κ2) is 5.50. The predicted octanol–water partition coefficient (Wildman–Crippen LogP) is 2.58. The zero-order valence-corrected chi connectivity index (χ0v) is 11.7. The molecule has 0 amide bonds. The number of benzene rings is 1. The highest BCUT2D eigenvalue weighted by molar-refractivity contribution is 5.50.